The number of aromatic carboxylic acids is 1. The molecule has 4 nitrogen and oxygen atoms in total. The SMILES string of the molecule is CC(C)(C)n1nc(C(F)F)c(C(=O)O)c1C(F)F. The normalized spacial score (nSPS) is 12.5. The number of carboxylic acids is 1. The average Bonchev–Trinajstić information content (AvgIpc) is 2.55. The van der Waals surface area contributed by atoms with Crippen LogP contribution in [0.1, 0.15) is 55.4 Å². The molecule has 0 aliphatic heterocycles. The first-order valence-electron chi connectivity index (χ1n) is 5.00. The lowest BCUT2D eigenvalue weighted by Crippen LogP contribution is -2.26. The summed E-state index contributed by atoms with van der Waals surface area (Å²) in [7, 11) is 0. The Morgan fingerprint density at radius 2 is 1.72 bits per heavy atom. The highest BCUT2D eigenvalue weighted by Gasteiger charge is 2.35. The molecule has 0 spiro atoms. The lowest BCUT2D eigenvalue weighted by atomic mass is 10.1. The highest BCUT2D eigenvalue weighted by Crippen LogP contribution is 2.33. The van der Waals surface area contributed by atoms with Crippen molar-refractivity contribution in [2.45, 2.75) is 39.2 Å². The number of hydrogen-bond acceptors (Lipinski definition) is 2. The molecule has 18 heavy (non-hydrogen) atoms. The predicted octanol–water partition coefficient (Wildman–Crippen LogP) is 3.21. The summed E-state index contributed by atoms with van der Waals surface area (Å²) in [5.74, 6) is -1.84. The molecule has 1 N–H and O–H groups in total. The Hall–Kier alpha value is -1.60. The van der Waals surface area contributed by atoms with Crippen LogP contribution in [-0.2, 0) is 5.54 Å². The number of aromatic nitrogens is 2. The summed E-state index contributed by atoms with van der Waals surface area (Å²) in [4.78, 5) is 10.9. The van der Waals surface area contributed by atoms with E-state index >= 15 is 0 Å². The number of alkyl halides is 4. The second-order valence-corrected chi connectivity index (χ2v) is 4.63. The van der Waals surface area contributed by atoms with E-state index in [1.165, 1.54) is 20.8 Å². The summed E-state index contributed by atoms with van der Waals surface area (Å²) in [6.45, 7) is 4.40. The van der Waals surface area contributed by atoms with E-state index in [0.717, 1.165) is 0 Å². The molecule has 0 amide bonds. The maximum atomic E-state index is 12.9. The number of carboxylic acid groups (broad SMARTS) is 1. The lowest BCUT2D eigenvalue weighted by Gasteiger charge is -2.22. The third-order valence-electron chi connectivity index (χ3n) is 2.21. The van der Waals surface area contributed by atoms with Crippen molar-refractivity contribution < 1.29 is 27.5 Å². The molecule has 0 aromatic carbocycles. The number of carbonyl (C=O) groups is 1. The van der Waals surface area contributed by atoms with Crippen LogP contribution < -0.4 is 0 Å². The maximum absolute atomic E-state index is 12.9. The molecule has 0 radical (unpaired) electrons. The fourth-order valence-corrected chi connectivity index (χ4v) is 1.53. The van der Waals surface area contributed by atoms with Gasteiger partial charge >= 0.3 is 5.97 Å². The second kappa shape index (κ2) is 4.58. The molecule has 1 aromatic rings. The summed E-state index contributed by atoms with van der Waals surface area (Å²) < 4.78 is 51.7. The largest absolute Gasteiger partial charge is 0.478 e. The van der Waals surface area contributed by atoms with Gasteiger partial charge in [-0.3, -0.25) is 4.68 Å². The molecule has 0 aliphatic carbocycles. The molecule has 102 valence electrons. The second-order valence-electron chi connectivity index (χ2n) is 4.63. The van der Waals surface area contributed by atoms with Gasteiger partial charge in [0.25, 0.3) is 12.9 Å². The standard InChI is InChI=1S/C10H12F4N2O2/c1-10(2,3)16-6(8(13)14)4(9(17)18)5(15-16)7(11)12/h7-8H,1-3H3,(H,17,18). The maximum Gasteiger partial charge on any atom is 0.339 e. The van der Waals surface area contributed by atoms with Gasteiger partial charge in [-0.1, -0.05) is 0 Å². The van der Waals surface area contributed by atoms with Crippen LogP contribution in [0.3, 0.4) is 0 Å². The van der Waals surface area contributed by atoms with Gasteiger partial charge in [-0.25, -0.2) is 22.4 Å². The van der Waals surface area contributed by atoms with E-state index in [0.29, 0.717) is 4.68 Å². The Bertz CT molecular complexity index is 463. The van der Waals surface area contributed by atoms with Crippen molar-refractivity contribution in [2.75, 3.05) is 0 Å². The summed E-state index contributed by atoms with van der Waals surface area (Å²) in [5, 5.41) is 12.1. The van der Waals surface area contributed by atoms with Gasteiger partial charge in [0.05, 0.1) is 5.54 Å². The van der Waals surface area contributed by atoms with Gasteiger partial charge in [0, 0.05) is 0 Å². The van der Waals surface area contributed by atoms with E-state index in [9.17, 15) is 22.4 Å². The van der Waals surface area contributed by atoms with Crippen molar-refractivity contribution in [1.82, 2.24) is 9.78 Å². The zero-order chi connectivity index (χ0) is 14.2. The Balaban J connectivity index is 3.65. The van der Waals surface area contributed by atoms with E-state index in [-0.39, 0.29) is 0 Å². The molecule has 0 unspecified atom stereocenters. The number of rotatable bonds is 3. The van der Waals surface area contributed by atoms with Crippen molar-refractivity contribution in [3.63, 3.8) is 0 Å². The molecule has 1 rings (SSSR count). The van der Waals surface area contributed by atoms with Crippen LogP contribution >= 0.6 is 0 Å². The highest BCUT2D eigenvalue weighted by molar-refractivity contribution is 5.90. The molecule has 1 aromatic heterocycles. The first-order valence-corrected chi connectivity index (χ1v) is 5.00. The molecule has 0 saturated heterocycles. The van der Waals surface area contributed by atoms with Crippen molar-refractivity contribution in [1.29, 1.82) is 0 Å². The third-order valence-corrected chi connectivity index (χ3v) is 2.21. The Morgan fingerprint density at radius 1 is 1.22 bits per heavy atom. The minimum Gasteiger partial charge on any atom is -0.478 e. The quantitative estimate of drug-likeness (QED) is 0.856. The summed E-state index contributed by atoms with van der Waals surface area (Å²) >= 11 is 0. The molecular formula is C10H12F4N2O2. The minimum atomic E-state index is -3.22. The number of nitrogens with zero attached hydrogens (tertiary/aromatic N) is 2. The average molecular weight is 268 g/mol. The fourth-order valence-electron chi connectivity index (χ4n) is 1.53. The molecular weight excluding hydrogens is 256 g/mol. The van der Waals surface area contributed by atoms with E-state index < -0.39 is 41.3 Å². The van der Waals surface area contributed by atoms with Gasteiger partial charge in [-0.2, -0.15) is 5.10 Å². The van der Waals surface area contributed by atoms with Gasteiger partial charge in [0.1, 0.15) is 17.0 Å². The van der Waals surface area contributed by atoms with Crippen molar-refractivity contribution in [3.05, 3.63) is 17.0 Å². The minimum absolute atomic E-state index is 0.641. The molecule has 1 heterocycles. The van der Waals surface area contributed by atoms with Crippen LogP contribution in [-0.4, -0.2) is 20.9 Å². The monoisotopic (exact) mass is 268 g/mol. The van der Waals surface area contributed by atoms with E-state index in [1.54, 1.807) is 0 Å². The van der Waals surface area contributed by atoms with Crippen LogP contribution in [0.5, 0.6) is 0 Å². The molecule has 0 bridgehead atoms. The van der Waals surface area contributed by atoms with Gasteiger partial charge in [-0.05, 0) is 20.8 Å². The van der Waals surface area contributed by atoms with Crippen molar-refractivity contribution >= 4 is 5.97 Å². The van der Waals surface area contributed by atoms with E-state index in [1.807, 2.05) is 0 Å². The van der Waals surface area contributed by atoms with Crippen LogP contribution in [0.4, 0.5) is 17.6 Å². The summed E-state index contributed by atoms with van der Waals surface area (Å²) in [5.41, 5.74) is -4.27. The van der Waals surface area contributed by atoms with Crippen LogP contribution in [0.25, 0.3) is 0 Å². The lowest BCUT2D eigenvalue weighted by molar-refractivity contribution is 0.0668. The predicted molar refractivity (Wildman–Crippen MR) is 54.1 cm³/mol. The summed E-state index contributed by atoms with van der Waals surface area (Å²) in [6, 6.07) is 0. The Labute approximate surface area is 100 Å². The van der Waals surface area contributed by atoms with Crippen LogP contribution in [0, 0.1) is 0 Å². The van der Waals surface area contributed by atoms with E-state index in [2.05, 4.69) is 5.10 Å². The Morgan fingerprint density at radius 3 is 2.00 bits per heavy atom. The van der Waals surface area contributed by atoms with Crippen LogP contribution in [0.15, 0.2) is 0 Å². The van der Waals surface area contributed by atoms with Gasteiger partial charge in [0.2, 0.25) is 0 Å². The summed E-state index contributed by atoms with van der Waals surface area (Å²) in [6.07, 6.45) is -6.42. The van der Waals surface area contributed by atoms with Gasteiger partial charge < -0.3 is 5.11 Å². The molecule has 0 atom stereocenters. The zero-order valence-electron chi connectivity index (χ0n) is 9.92. The van der Waals surface area contributed by atoms with Crippen LogP contribution in [0.2, 0.25) is 0 Å². The first kappa shape index (κ1) is 14.5. The highest BCUT2D eigenvalue weighted by atomic mass is 19.3. The van der Waals surface area contributed by atoms with Gasteiger partial charge in [0.15, 0.2) is 0 Å². The van der Waals surface area contributed by atoms with Gasteiger partial charge in [-0.15, -0.1) is 0 Å². The fraction of sp³-hybridized carbons (Fsp3) is 0.600. The number of halogens is 4. The first-order chi connectivity index (χ1) is 8.07. The van der Waals surface area contributed by atoms with Crippen molar-refractivity contribution in [2.24, 2.45) is 0 Å². The third kappa shape index (κ3) is 2.46. The molecule has 0 saturated carbocycles. The molecule has 0 fully saturated rings. The molecule has 8 heteroatoms. The number of hydrogen-bond donors (Lipinski definition) is 1. The van der Waals surface area contributed by atoms with E-state index in [4.69, 9.17) is 5.11 Å². The smallest absolute Gasteiger partial charge is 0.339 e. The molecule has 0 aliphatic rings. The zero-order valence-corrected chi connectivity index (χ0v) is 9.92. The van der Waals surface area contributed by atoms with Crippen molar-refractivity contribution in [3.8, 4) is 0 Å². The topological polar surface area (TPSA) is 55.1 Å². The Kier molecular flexibility index (Phi) is 3.68.